The van der Waals surface area contributed by atoms with Gasteiger partial charge in [-0.25, -0.2) is 4.98 Å². The number of benzene rings is 1. The van der Waals surface area contributed by atoms with Crippen molar-refractivity contribution in [1.82, 2.24) is 9.55 Å². The first-order chi connectivity index (χ1) is 8.00. The Hall–Kier alpha value is -1.20. The largest absolute Gasteiger partial charge is 0.298 e. The number of fused-ring (bicyclic) bond motifs is 1. The van der Waals surface area contributed by atoms with Crippen molar-refractivity contribution in [3.63, 3.8) is 0 Å². The molecule has 0 atom stereocenters. The van der Waals surface area contributed by atoms with Gasteiger partial charge in [-0.2, -0.15) is 0 Å². The molecule has 0 unspecified atom stereocenters. The second-order valence-electron chi connectivity index (χ2n) is 3.61. The Bertz CT molecular complexity index is 666. The molecule has 0 spiro atoms. The molecule has 0 fully saturated rings. The van der Waals surface area contributed by atoms with Crippen LogP contribution in [0.1, 0.15) is 6.92 Å². The molecule has 4 nitrogen and oxygen atoms in total. The zero-order valence-electron chi connectivity index (χ0n) is 8.91. The van der Waals surface area contributed by atoms with Crippen molar-refractivity contribution < 1.29 is 4.79 Å². The fourth-order valence-corrected chi connectivity index (χ4v) is 2.22. The average molecular weight is 316 g/mol. The summed E-state index contributed by atoms with van der Waals surface area (Å²) in [5.41, 5.74) is 0.193. The standard InChI is InChI=1S/C11H8BrClN2O2/c1-6(16)5-15-10(17)7-3-2-4-8(12)9(7)14-11(15)13/h2-4H,5H2,1H3. The molecule has 1 aromatic carbocycles. The van der Waals surface area contributed by atoms with Crippen molar-refractivity contribution >= 4 is 44.2 Å². The van der Waals surface area contributed by atoms with Gasteiger partial charge in [0.1, 0.15) is 5.78 Å². The second-order valence-corrected chi connectivity index (χ2v) is 4.80. The van der Waals surface area contributed by atoms with E-state index in [1.807, 2.05) is 0 Å². The van der Waals surface area contributed by atoms with Crippen molar-refractivity contribution in [2.45, 2.75) is 13.5 Å². The summed E-state index contributed by atoms with van der Waals surface area (Å²) < 4.78 is 1.86. The highest BCUT2D eigenvalue weighted by Crippen LogP contribution is 2.20. The van der Waals surface area contributed by atoms with Gasteiger partial charge >= 0.3 is 0 Å². The van der Waals surface area contributed by atoms with Gasteiger partial charge < -0.3 is 0 Å². The maximum atomic E-state index is 12.1. The van der Waals surface area contributed by atoms with E-state index in [4.69, 9.17) is 11.6 Å². The second kappa shape index (κ2) is 4.58. The Morgan fingerprint density at radius 1 is 1.53 bits per heavy atom. The predicted molar refractivity (Wildman–Crippen MR) is 69.4 cm³/mol. The zero-order valence-corrected chi connectivity index (χ0v) is 11.2. The Balaban J connectivity index is 2.81. The number of rotatable bonds is 2. The molecule has 1 aromatic heterocycles. The summed E-state index contributed by atoms with van der Waals surface area (Å²) in [5.74, 6) is -0.148. The number of Topliss-reactive ketones (excluding diaryl/α,β-unsaturated/α-hetero) is 1. The van der Waals surface area contributed by atoms with Gasteiger partial charge in [0, 0.05) is 4.47 Å². The lowest BCUT2D eigenvalue weighted by molar-refractivity contribution is -0.117. The maximum Gasteiger partial charge on any atom is 0.262 e. The first-order valence-corrected chi connectivity index (χ1v) is 6.02. The number of aromatic nitrogens is 2. The number of para-hydroxylation sites is 1. The summed E-state index contributed by atoms with van der Waals surface area (Å²) in [4.78, 5) is 27.3. The molecule has 6 heteroatoms. The van der Waals surface area contributed by atoms with Crippen molar-refractivity contribution in [2.24, 2.45) is 0 Å². The first-order valence-electron chi connectivity index (χ1n) is 4.84. The van der Waals surface area contributed by atoms with Crippen molar-refractivity contribution in [2.75, 3.05) is 0 Å². The molecule has 17 heavy (non-hydrogen) atoms. The first kappa shape index (κ1) is 12.3. The quantitative estimate of drug-likeness (QED) is 0.800. The molecular weight excluding hydrogens is 307 g/mol. The van der Waals surface area contributed by atoms with Crippen LogP contribution in [-0.4, -0.2) is 15.3 Å². The van der Waals surface area contributed by atoms with E-state index < -0.39 is 0 Å². The molecule has 0 bridgehead atoms. The minimum absolute atomic E-state index is 0.0181. The summed E-state index contributed by atoms with van der Waals surface area (Å²) in [5, 5.41) is 0.453. The number of hydrogen-bond donors (Lipinski definition) is 0. The van der Waals surface area contributed by atoms with Gasteiger partial charge in [0.05, 0.1) is 17.4 Å². The van der Waals surface area contributed by atoms with E-state index in [0.717, 1.165) is 0 Å². The molecular formula is C11H8BrClN2O2. The third-order valence-corrected chi connectivity index (χ3v) is 3.20. The molecule has 0 aliphatic heterocycles. The van der Waals surface area contributed by atoms with Crippen LogP contribution < -0.4 is 5.56 Å². The SMILES string of the molecule is CC(=O)Cn1c(Cl)nc2c(Br)cccc2c1=O. The van der Waals surface area contributed by atoms with E-state index in [1.54, 1.807) is 18.2 Å². The fourth-order valence-electron chi connectivity index (χ4n) is 1.54. The van der Waals surface area contributed by atoms with Crippen molar-refractivity contribution in [3.8, 4) is 0 Å². The zero-order chi connectivity index (χ0) is 12.6. The van der Waals surface area contributed by atoms with Crippen LogP contribution in [0.5, 0.6) is 0 Å². The van der Waals surface area contributed by atoms with Gasteiger partial charge in [-0.05, 0) is 46.6 Å². The highest BCUT2D eigenvalue weighted by Gasteiger charge is 2.12. The van der Waals surface area contributed by atoms with Gasteiger partial charge in [-0.1, -0.05) is 6.07 Å². The summed E-state index contributed by atoms with van der Waals surface area (Å²) in [6.07, 6.45) is 0. The molecule has 1 heterocycles. The highest BCUT2D eigenvalue weighted by molar-refractivity contribution is 9.10. The highest BCUT2D eigenvalue weighted by atomic mass is 79.9. The van der Waals surface area contributed by atoms with E-state index in [2.05, 4.69) is 20.9 Å². The minimum Gasteiger partial charge on any atom is -0.298 e. The molecule has 0 N–H and O–H groups in total. The molecule has 0 saturated heterocycles. The van der Waals surface area contributed by atoms with E-state index in [9.17, 15) is 9.59 Å². The summed E-state index contributed by atoms with van der Waals surface area (Å²) in [7, 11) is 0. The normalized spacial score (nSPS) is 10.8. The number of carbonyl (C=O) groups excluding carboxylic acids is 1. The Kier molecular flexibility index (Phi) is 3.31. The van der Waals surface area contributed by atoms with Crippen LogP contribution >= 0.6 is 27.5 Å². The monoisotopic (exact) mass is 314 g/mol. The van der Waals surface area contributed by atoms with Crippen LogP contribution in [0.3, 0.4) is 0 Å². The summed E-state index contributed by atoms with van der Waals surface area (Å²) in [6, 6.07) is 5.17. The molecule has 0 aliphatic carbocycles. The topological polar surface area (TPSA) is 52.0 Å². The van der Waals surface area contributed by atoms with Gasteiger partial charge in [0.15, 0.2) is 0 Å². The molecule has 88 valence electrons. The van der Waals surface area contributed by atoms with Gasteiger partial charge in [0.2, 0.25) is 5.28 Å². The van der Waals surface area contributed by atoms with E-state index in [0.29, 0.717) is 15.4 Å². The molecule has 2 rings (SSSR count). The van der Waals surface area contributed by atoms with Crippen LogP contribution in [0.25, 0.3) is 10.9 Å². The van der Waals surface area contributed by atoms with Crippen LogP contribution in [0.15, 0.2) is 27.5 Å². The molecule has 0 radical (unpaired) electrons. The number of nitrogens with zero attached hydrogens (tertiary/aromatic N) is 2. The van der Waals surface area contributed by atoms with Crippen LogP contribution in [-0.2, 0) is 11.3 Å². The Morgan fingerprint density at radius 2 is 2.24 bits per heavy atom. The number of halogens is 2. The number of carbonyl (C=O) groups is 1. The Labute approximate surface area is 110 Å². The third-order valence-electron chi connectivity index (χ3n) is 2.27. The van der Waals surface area contributed by atoms with Crippen LogP contribution in [0.4, 0.5) is 0 Å². The fraction of sp³-hybridized carbons (Fsp3) is 0.182. The maximum absolute atomic E-state index is 12.1. The molecule has 0 aliphatic rings. The third kappa shape index (κ3) is 2.25. The lowest BCUT2D eigenvalue weighted by Crippen LogP contribution is -2.25. The van der Waals surface area contributed by atoms with E-state index in [-0.39, 0.29) is 23.2 Å². The summed E-state index contributed by atoms with van der Waals surface area (Å²) >= 11 is 9.21. The predicted octanol–water partition coefficient (Wildman–Crippen LogP) is 2.40. The molecule has 0 amide bonds. The Morgan fingerprint density at radius 3 is 2.88 bits per heavy atom. The van der Waals surface area contributed by atoms with E-state index >= 15 is 0 Å². The molecule has 0 saturated carbocycles. The van der Waals surface area contributed by atoms with Crippen molar-refractivity contribution in [3.05, 3.63) is 38.3 Å². The number of ketones is 1. The number of hydrogen-bond acceptors (Lipinski definition) is 3. The van der Waals surface area contributed by atoms with E-state index in [1.165, 1.54) is 11.5 Å². The smallest absolute Gasteiger partial charge is 0.262 e. The minimum atomic E-state index is -0.309. The van der Waals surface area contributed by atoms with Gasteiger partial charge in [-0.3, -0.25) is 14.2 Å². The van der Waals surface area contributed by atoms with Crippen LogP contribution in [0.2, 0.25) is 5.28 Å². The lowest BCUT2D eigenvalue weighted by Gasteiger charge is -2.07. The van der Waals surface area contributed by atoms with Gasteiger partial charge in [0.25, 0.3) is 5.56 Å². The summed E-state index contributed by atoms with van der Waals surface area (Å²) in [6.45, 7) is 1.33. The van der Waals surface area contributed by atoms with Gasteiger partial charge in [-0.15, -0.1) is 0 Å². The molecule has 2 aromatic rings. The van der Waals surface area contributed by atoms with Crippen molar-refractivity contribution in [1.29, 1.82) is 0 Å². The van der Waals surface area contributed by atoms with Crippen LogP contribution in [0, 0.1) is 0 Å². The average Bonchev–Trinajstić information content (AvgIpc) is 2.26. The lowest BCUT2D eigenvalue weighted by atomic mass is 10.2.